The van der Waals surface area contributed by atoms with Crippen LogP contribution in [0.3, 0.4) is 0 Å². The Bertz CT molecular complexity index is 391. The molecular formula is C12H19N3S2. The van der Waals surface area contributed by atoms with Gasteiger partial charge in [-0.25, -0.2) is 4.98 Å². The summed E-state index contributed by atoms with van der Waals surface area (Å²) in [6, 6.07) is 0. The Morgan fingerprint density at radius 3 is 2.76 bits per heavy atom. The van der Waals surface area contributed by atoms with Crippen LogP contribution in [0.25, 0.3) is 0 Å². The average molecular weight is 269 g/mol. The second-order valence-corrected chi connectivity index (χ2v) is 5.84. The van der Waals surface area contributed by atoms with Gasteiger partial charge in [0.1, 0.15) is 15.7 Å². The van der Waals surface area contributed by atoms with E-state index in [0.717, 1.165) is 29.3 Å². The fraction of sp³-hybridized carbons (Fsp3) is 0.583. The minimum Gasteiger partial charge on any atom is -0.388 e. The Labute approximate surface area is 113 Å². The van der Waals surface area contributed by atoms with Gasteiger partial charge >= 0.3 is 0 Å². The molecule has 0 unspecified atom stereocenters. The Balaban J connectivity index is 2.98. The van der Waals surface area contributed by atoms with Crippen molar-refractivity contribution in [2.75, 3.05) is 5.75 Å². The first-order valence-electron chi connectivity index (χ1n) is 5.83. The van der Waals surface area contributed by atoms with Crippen molar-refractivity contribution in [2.24, 2.45) is 11.7 Å². The fourth-order valence-electron chi connectivity index (χ4n) is 1.36. The van der Waals surface area contributed by atoms with Crippen molar-refractivity contribution >= 4 is 29.0 Å². The third-order valence-electron chi connectivity index (χ3n) is 2.11. The Morgan fingerprint density at radius 1 is 1.53 bits per heavy atom. The summed E-state index contributed by atoms with van der Waals surface area (Å²) in [5.41, 5.74) is 7.25. The molecule has 0 fully saturated rings. The third kappa shape index (κ3) is 4.60. The maximum absolute atomic E-state index is 5.58. The van der Waals surface area contributed by atoms with Gasteiger partial charge in [-0.3, -0.25) is 4.98 Å². The highest BCUT2D eigenvalue weighted by Crippen LogP contribution is 2.22. The minimum absolute atomic E-state index is 0.312. The molecule has 2 N–H and O–H groups in total. The SMILES string of the molecule is CCCSc1nc(C(N)=S)cnc1CC(C)C. The normalized spacial score (nSPS) is 10.8. The van der Waals surface area contributed by atoms with Crippen LogP contribution in [0.5, 0.6) is 0 Å². The first-order valence-corrected chi connectivity index (χ1v) is 7.22. The predicted octanol–water partition coefficient (Wildman–Crippen LogP) is 2.81. The van der Waals surface area contributed by atoms with Crippen molar-refractivity contribution in [2.45, 2.75) is 38.6 Å². The van der Waals surface area contributed by atoms with Crippen molar-refractivity contribution in [3.63, 3.8) is 0 Å². The maximum Gasteiger partial charge on any atom is 0.124 e. The molecule has 3 nitrogen and oxygen atoms in total. The lowest BCUT2D eigenvalue weighted by Gasteiger charge is -2.10. The van der Waals surface area contributed by atoms with Crippen molar-refractivity contribution < 1.29 is 0 Å². The van der Waals surface area contributed by atoms with E-state index >= 15 is 0 Å². The molecule has 0 aliphatic rings. The topological polar surface area (TPSA) is 51.8 Å². The first kappa shape index (κ1) is 14.4. The van der Waals surface area contributed by atoms with E-state index in [1.165, 1.54) is 0 Å². The van der Waals surface area contributed by atoms with Gasteiger partial charge in [0.05, 0.1) is 11.9 Å². The van der Waals surface area contributed by atoms with Gasteiger partial charge in [0, 0.05) is 0 Å². The Hall–Kier alpha value is -0.680. The van der Waals surface area contributed by atoms with Crippen molar-refractivity contribution in [1.29, 1.82) is 0 Å². The van der Waals surface area contributed by atoms with Crippen LogP contribution in [0.1, 0.15) is 38.6 Å². The van der Waals surface area contributed by atoms with Gasteiger partial charge < -0.3 is 5.73 Å². The number of hydrogen-bond donors (Lipinski definition) is 1. The highest BCUT2D eigenvalue weighted by atomic mass is 32.2. The molecule has 0 atom stereocenters. The van der Waals surface area contributed by atoms with E-state index in [0.29, 0.717) is 16.6 Å². The second-order valence-electron chi connectivity index (χ2n) is 4.32. The molecule has 1 aromatic heterocycles. The molecule has 0 aromatic carbocycles. The van der Waals surface area contributed by atoms with E-state index < -0.39 is 0 Å². The van der Waals surface area contributed by atoms with Crippen LogP contribution in [-0.4, -0.2) is 20.7 Å². The molecule has 0 saturated carbocycles. The molecule has 0 aliphatic heterocycles. The summed E-state index contributed by atoms with van der Waals surface area (Å²) >= 11 is 6.66. The maximum atomic E-state index is 5.58. The number of thiocarbonyl (C=S) groups is 1. The third-order valence-corrected chi connectivity index (χ3v) is 3.53. The van der Waals surface area contributed by atoms with E-state index in [1.807, 2.05) is 0 Å². The van der Waals surface area contributed by atoms with Crippen molar-refractivity contribution in [1.82, 2.24) is 9.97 Å². The zero-order valence-corrected chi connectivity index (χ0v) is 12.2. The fourth-order valence-corrected chi connectivity index (χ4v) is 2.32. The molecule has 1 heterocycles. The van der Waals surface area contributed by atoms with Gasteiger partial charge in [0.15, 0.2) is 0 Å². The average Bonchev–Trinajstić information content (AvgIpc) is 2.26. The van der Waals surface area contributed by atoms with Crippen molar-refractivity contribution in [3.05, 3.63) is 17.6 Å². The minimum atomic E-state index is 0.312. The number of thioether (sulfide) groups is 1. The lowest BCUT2D eigenvalue weighted by Crippen LogP contribution is -2.14. The largest absolute Gasteiger partial charge is 0.388 e. The summed E-state index contributed by atoms with van der Waals surface area (Å²) < 4.78 is 0. The predicted molar refractivity (Wildman–Crippen MR) is 77.5 cm³/mol. The van der Waals surface area contributed by atoms with E-state index in [9.17, 15) is 0 Å². The number of nitrogens with zero attached hydrogens (tertiary/aromatic N) is 2. The lowest BCUT2D eigenvalue weighted by molar-refractivity contribution is 0.621. The van der Waals surface area contributed by atoms with Gasteiger partial charge in [-0.05, 0) is 24.5 Å². The number of rotatable bonds is 6. The second kappa shape index (κ2) is 6.91. The van der Waals surface area contributed by atoms with Crippen molar-refractivity contribution in [3.8, 4) is 0 Å². The van der Waals surface area contributed by atoms with Crippen LogP contribution < -0.4 is 5.73 Å². The van der Waals surface area contributed by atoms with Crippen LogP contribution in [-0.2, 0) is 6.42 Å². The smallest absolute Gasteiger partial charge is 0.124 e. The van der Waals surface area contributed by atoms with Crippen LogP contribution >= 0.6 is 24.0 Å². The molecule has 0 aliphatic carbocycles. The van der Waals surface area contributed by atoms with E-state index in [1.54, 1.807) is 18.0 Å². The van der Waals surface area contributed by atoms with E-state index in [-0.39, 0.29) is 0 Å². The van der Waals surface area contributed by atoms with Crippen LogP contribution in [0.2, 0.25) is 0 Å². The quantitative estimate of drug-likeness (QED) is 0.636. The molecule has 0 radical (unpaired) electrons. The summed E-state index contributed by atoms with van der Waals surface area (Å²) in [6.07, 6.45) is 3.73. The summed E-state index contributed by atoms with van der Waals surface area (Å²) in [5, 5.41) is 0.978. The van der Waals surface area contributed by atoms with Gasteiger partial charge in [-0.2, -0.15) is 0 Å². The Morgan fingerprint density at radius 2 is 2.24 bits per heavy atom. The van der Waals surface area contributed by atoms with Gasteiger partial charge in [-0.15, -0.1) is 11.8 Å². The van der Waals surface area contributed by atoms with Crippen LogP contribution in [0, 0.1) is 5.92 Å². The molecule has 1 aromatic rings. The summed E-state index contributed by atoms with van der Waals surface area (Å²) in [5.74, 6) is 1.61. The van der Waals surface area contributed by atoms with Crippen LogP contribution in [0.15, 0.2) is 11.2 Å². The molecule has 5 heteroatoms. The monoisotopic (exact) mass is 269 g/mol. The van der Waals surface area contributed by atoms with Crippen LogP contribution in [0.4, 0.5) is 0 Å². The van der Waals surface area contributed by atoms with Gasteiger partial charge in [0.2, 0.25) is 0 Å². The molecule has 0 spiro atoms. The zero-order valence-electron chi connectivity index (χ0n) is 10.6. The van der Waals surface area contributed by atoms with Gasteiger partial charge in [0.25, 0.3) is 0 Å². The first-order chi connectivity index (χ1) is 8.04. The summed E-state index contributed by atoms with van der Waals surface area (Å²) in [7, 11) is 0. The van der Waals surface area contributed by atoms with Gasteiger partial charge in [-0.1, -0.05) is 33.0 Å². The summed E-state index contributed by atoms with van der Waals surface area (Å²) in [4.78, 5) is 9.25. The van der Waals surface area contributed by atoms with E-state index in [2.05, 4.69) is 30.7 Å². The highest BCUT2D eigenvalue weighted by Gasteiger charge is 2.10. The molecule has 17 heavy (non-hydrogen) atoms. The number of aromatic nitrogens is 2. The molecular weight excluding hydrogens is 250 g/mol. The highest BCUT2D eigenvalue weighted by molar-refractivity contribution is 7.99. The standard InChI is InChI=1S/C12H19N3S2/c1-4-5-17-12-9(6-8(2)3)14-7-10(15-12)11(13)16/h7-8H,4-6H2,1-3H3,(H2,13,16). The molecule has 0 amide bonds. The molecule has 0 bridgehead atoms. The van der Waals surface area contributed by atoms with E-state index in [4.69, 9.17) is 18.0 Å². The molecule has 1 rings (SSSR count). The molecule has 0 saturated heterocycles. The number of hydrogen-bond acceptors (Lipinski definition) is 4. The zero-order chi connectivity index (χ0) is 12.8. The number of nitrogens with two attached hydrogens (primary N) is 1. The Kier molecular flexibility index (Phi) is 5.85. The summed E-state index contributed by atoms with van der Waals surface area (Å²) in [6.45, 7) is 6.51. The molecule has 94 valence electrons. The lowest BCUT2D eigenvalue weighted by atomic mass is 10.1.